The molecule has 1 aliphatic carbocycles. The van der Waals surface area contributed by atoms with Gasteiger partial charge in [-0.25, -0.2) is 0 Å². The van der Waals surface area contributed by atoms with Crippen molar-refractivity contribution in [1.29, 1.82) is 0 Å². The van der Waals surface area contributed by atoms with E-state index in [0.29, 0.717) is 18.8 Å². The first-order valence-electron chi connectivity index (χ1n) is 19.6. The molecule has 0 bridgehead atoms. The van der Waals surface area contributed by atoms with E-state index in [-0.39, 0.29) is 24.1 Å². The van der Waals surface area contributed by atoms with Crippen LogP contribution in [0.15, 0.2) is 48.6 Å². The molecule has 1 aliphatic rings. The van der Waals surface area contributed by atoms with Gasteiger partial charge in [-0.2, -0.15) is 0 Å². The van der Waals surface area contributed by atoms with Crippen molar-refractivity contribution in [3.63, 3.8) is 0 Å². The highest BCUT2D eigenvalue weighted by Crippen LogP contribution is 2.29. The second-order valence-electron chi connectivity index (χ2n) is 13.6. The Kier molecular flexibility index (Phi) is 28.7. The summed E-state index contributed by atoms with van der Waals surface area (Å²) in [5.41, 5.74) is 0. The Morgan fingerprint density at radius 2 is 0.913 bits per heavy atom. The lowest BCUT2D eigenvalue weighted by Crippen LogP contribution is -2.40. The average molecular weight is 641 g/mol. The van der Waals surface area contributed by atoms with Gasteiger partial charge in [0.25, 0.3) is 0 Å². The Balaban J connectivity index is 2.10. The molecular weight excluding hydrogens is 568 g/mol. The van der Waals surface area contributed by atoms with Crippen LogP contribution in [0.2, 0.25) is 0 Å². The molecular formula is C42H72O4. The third kappa shape index (κ3) is 26.0. The van der Waals surface area contributed by atoms with E-state index < -0.39 is 0 Å². The standard InChI is InChI=1S/C42H72O4/c1-4-6-8-10-12-14-16-18-20-22-24-26-28-30-32-34-42(44)46-40-37-38(3)35-36-39(40)45-41(43)33-31-29-27-25-23-21-19-17-15-13-11-9-7-5-2/h11-14,17-20,38-40H,4-10,15-16,21-37H2,1-3H3/b13-11-,14-12-,19-17-,20-18-/t38-,39-,40+/m1/s1. The maximum absolute atomic E-state index is 12.6. The lowest BCUT2D eigenvalue weighted by Gasteiger charge is -2.33. The van der Waals surface area contributed by atoms with Gasteiger partial charge in [0.2, 0.25) is 0 Å². The van der Waals surface area contributed by atoms with Crippen LogP contribution in [0.5, 0.6) is 0 Å². The van der Waals surface area contributed by atoms with E-state index in [1.54, 1.807) is 0 Å². The zero-order valence-electron chi connectivity index (χ0n) is 30.4. The first-order chi connectivity index (χ1) is 22.6. The summed E-state index contributed by atoms with van der Waals surface area (Å²) in [6, 6.07) is 0. The normalized spacial score (nSPS) is 18.8. The Labute approximate surface area is 284 Å². The van der Waals surface area contributed by atoms with Crippen LogP contribution >= 0.6 is 0 Å². The molecule has 0 saturated heterocycles. The van der Waals surface area contributed by atoms with Crippen molar-refractivity contribution in [3.8, 4) is 0 Å². The number of unbranched alkanes of at least 4 members (excludes halogenated alkanes) is 15. The third-order valence-electron chi connectivity index (χ3n) is 8.97. The van der Waals surface area contributed by atoms with E-state index in [1.807, 2.05) is 0 Å². The van der Waals surface area contributed by atoms with Gasteiger partial charge in [-0.3, -0.25) is 9.59 Å². The molecule has 0 spiro atoms. The molecule has 1 rings (SSSR count). The molecule has 1 saturated carbocycles. The van der Waals surface area contributed by atoms with Crippen molar-refractivity contribution in [2.75, 3.05) is 0 Å². The molecule has 46 heavy (non-hydrogen) atoms. The van der Waals surface area contributed by atoms with Gasteiger partial charge >= 0.3 is 11.9 Å². The fourth-order valence-corrected chi connectivity index (χ4v) is 5.99. The van der Waals surface area contributed by atoms with Gasteiger partial charge in [0, 0.05) is 12.8 Å². The zero-order chi connectivity index (χ0) is 33.3. The summed E-state index contributed by atoms with van der Waals surface area (Å²) in [6.45, 7) is 6.67. The summed E-state index contributed by atoms with van der Waals surface area (Å²) >= 11 is 0. The molecule has 1 fully saturated rings. The number of rotatable bonds is 29. The first-order valence-corrected chi connectivity index (χ1v) is 19.6. The molecule has 0 N–H and O–H groups in total. The predicted molar refractivity (Wildman–Crippen MR) is 197 cm³/mol. The fourth-order valence-electron chi connectivity index (χ4n) is 5.99. The maximum atomic E-state index is 12.6. The van der Waals surface area contributed by atoms with E-state index in [9.17, 15) is 9.59 Å². The summed E-state index contributed by atoms with van der Waals surface area (Å²) in [5.74, 6) is 0.217. The van der Waals surface area contributed by atoms with Gasteiger partial charge in [-0.1, -0.05) is 134 Å². The summed E-state index contributed by atoms with van der Waals surface area (Å²) in [6.07, 6.45) is 45.5. The molecule has 0 aromatic rings. The largest absolute Gasteiger partial charge is 0.458 e. The van der Waals surface area contributed by atoms with Gasteiger partial charge in [0.15, 0.2) is 0 Å². The SMILES string of the molecule is CCCC/C=C\C/C=C\CCCCCCCC(=O)O[C@@H]1CC[C@@H](C)C[C@@H]1OC(=O)CCCCCCC/C=C\C/C=C\CCCCC. The Morgan fingerprint density at radius 1 is 0.500 bits per heavy atom. The smallest absolute Gasteiger partial charge is 0.306 e. The van der Waals surface area contributed by atoms with E-state index in [2.05, 4.69) is 69.4 Å². The van der Waals surface area contributed by atoms with Crippen molar-refractivity contribution in [2.24, 2.45) is 5.92 Å². The monoisotopic (exact) mass is 641 g/mol. The topological polar surface area (TPSA) is 52.6 Å². The molecule has 0 aliphatic heterocycles. The van der Waals surface area contributed by atoms with Crippen molar-refractivity contribution < 1.29 is 19.1 Å². The quantitative estimate of drug-likeness (QED) is 0.0464. The van der Waals surface area contributed by atoms with Gasteiger partial charge in [0.1, 0.15) is 12.2 Å². The highest BCUT2D eigenvalue weighted by Gasteiger charge is 2.34. The summed E-state index contributed by atoms with van der Waals surface area (Å²) < 4.78 is 11.7. The fraction of sp³-hybridized carbons (Fsp3) is 0.762. The molecule has 4 nitrogen and oxygen atoms in total. The van der Waals surface area contributed by atoms with Gasteiger partial charge in [-0.05, 0) is 95.8 Å². The van der Waals surface area contributed by atoms with Crippen LogP contribution in [0.25, 0.3) is 0 Å². The third-order valence-corrected chi connectivity index (χ3v) is 8.97. The minimum absolute atomic E-state index is 0.135. The zero-order valence-corrected chi connectivity index (χ0v) is 30.4. The van der Waals surface area contributed by atoms with Crippen LogP contribution in [0.3, 0.4) is 0 Å². The Morgan fingerprint density at radius 3 is 1.41 bits per heavy atom. The van der Waals surface area contributed by atoms with E-state index >= 15 is 0 Å². The highest BCUT2D eigenvalue weighted by molar-refractivity contribution is 5.70. The average Bonchev–Trinajstić information content (AvgIpc) is 3.04. The van der Waals surface area contributed by atoms with Crippen LogP contribution in [0, 0.1) is 5.92 Å². The van der Waals surface area contributed by atoms with Gasteiger partial charge in [-0.15, -0.1) is 0 Å². The molecule has 0 radical (unpaired) electrons. The number of hydrogen-bond donors (Lipinski definition) is 0. The Bertz CT molecular complexity index is 839. The van der Waals surface area contributed by atoms with Gasteiger partial charge < -0.3 is 9.47 Å². The van der Waals surface area contributed by atoms with Crippen molar-refractivity contribution >= 4 is 11.9 Å². The summed E-state index contributed by atoms with van der Waals surface area (Å²) in [7, 11) is 0. The molecule has 0 unspecified atom stereocenters. The van der Waals surface area contributed by atoms with Gasteiger partial charge in [0.05, 0.1) is 0 Å². The van der Waals surface area contributed by atoms with Crippen molar-refractivity contribution in [1.82, 2.24) is 0 Å². The second kappa shape index (κ2) is 31.5. The van der Waals surface area contributed by atoms with E-state index in [0.717, 1.165) is 83.5 Å². The molecule has 0 aromatic carbocycles. The molecule has 0 aromatic heterocycles. The second-order valence-corrected chi connectivity index (χ2v) is 13.6. The summed E-state index contributed by atoms with van der Waals surface area (Å²) in [4.78, 5) is 25.2. The lowest BCUT2D eigenvalue weighted by molar-refractivity contribution is -0.173. The van der Waals surface area contributed by atoms with Crippen LogP contribution in [-0.2, 0) is 19.1 Å². The first kappa shape index (κ1) is 41.9. The number of carbonyl (C=O) groups is 2. The molecule has 3 atom stereocenters. The predicted octanol–water partition coefficient (Wildman–Crippen LogP) is 12.9. The lowest BCUT2D eigenvalue weighted by atomic mass is 9.86. The Hall–Kier alpha value is -2.10. The molecule has 0 heterocycles. The van der Waals surface area contributed by atoms with E-state index in [4.69, 9.17) is 9.47 Å². The number of carbonyl (C=O) groups excluding carboxylic acids is 2. The molecule has 4 heteroatoms. The van der Waals surface area contributed by atoms with Crippen molar-refractivity contribution in [3.05, 3.63) is 48.6 Å². The summed E-state index contributed by atoms with van der Waals surface area (Å²) in [5, 5.41) is 0. The number of allylic oxidation sites excluding steroid dienone is 8. The van der Waals surface area contributed by atoms with Crippen LogP contribution in [-0.4, -0.2) is 24.1 Å². The minimum atomic E-state index is -0.293. The molecule has 264 valence electrons. The van der Waals surface area contributed by atoms with Crippen LogP contribution in [0.1, 0.15) is 188 Å². The minimum Gasteiger partial charge on any atom is -0.458 e. The van der Waals surface area contributed by atoms with E-state index in [1.165, 1.54) is 70.6 Å². The number of esters is 2. The highest BCUT2D eigenvalue weighted by atomic mass is 16.6. The number of ether oxygens (including phenoxy) is 2. The van der Waals surface area contributed by atoms with Crippen LogP contribution in [0.4, 0.5) is 0 Å². The molecule has 0 amide bonds. The number of hydrogen-bond acceptors (Lipinski definition) is 4. The maximum Gasteiger partial charge on any atom is 0.306 e. The van der Waals surface area contributed by atoms with Crippen LogP contribution < -0.4 is 0 Å². The van der Waals surface area contributed by atoms with Crippen molar-refractivity contribution in [2.45, 2.75) is 200 Å².